The number of hydrogen-bond acceptors (Lipinski definition) is 3. The van der Waals surface area contributed by atoms with Gasteiger partial charge in [-0.1, -0.05) is 23.2 Å². The van der Waals surface area contributed by atoms with Crippen LogP contribution in [0.3, 0.4) is 0 Å². The Bertz CT molecular complexity index is 674. The summed E-state index contributed by atoms with van der Waals surface area (Å²) in [7, 11) is 0. The van der Waals surface area contributed by atoms with Gasteiger partial charge in [0, 0.05) is 10.0 Å². The van der Waals surface area contributed by atoms with Crippen molar-refractivity contribution in [3.63, 3.8) is 0 Å². The number of nitrogens with one attached hydrogen (secondary N) is 1. The molecular formula is C15H13Cl2NO3. The molecule has 2 aromatic carbocycles. The lowest BCUT2D eigenvalue weighted by Crippen LogP contribution is -2.20. The van der Waals surface area contributed by atoms with Crippen LogP contribution in [0.4, 0.5) is 5.69 Å². The third-order valence-corrected chi connectivity index (χ3v) is 3.20. The number of carbonyl (C=O) groups excluding carboxylic acids is 1. The highest BCUT2D eigenvalue weighted by atomic mass is 35.5. The standard InChI is InChI=1S/C15H13Cl2NO3/c1-9-6-10(16)3-5-14(9)21-8-15(20)18-12-7-11(17)2-4-13(12)19/h2-7,19H,8H2,1H3,(H,18,20). The molecule has 6 heteroatoms. The van der Waals surface area contributed by atoms with E-state index in [0.29, 0.717) is 15.8 Å². The van der Waals surface area contributed by atoms with Crippen LogP contribution in [0, 0.1) is 6.92 Å². The van der Waals surface area contributed by atoms with Crippen LogP contribution >= 0.6 is 23.2 Å². The van der Waals surface area contributed by atoms with Crippen LogP contribution in [0.25, 0.3) is 0 Å². The molecule has 0 bridgehead atoms. The van der Waals surface area contributed by atoms with E-state index in [1.54, 1.807) is 18.2 Å². The summed E-state index contributed by atoms with van der Waals surface area (Å²) in [5.41, 5.74) is 1.07. The molecule has 21 heavy (non-hydrogen) atoms. The highest BCUT2D eigenvalue weighted by Gasteiger charge is 2.09. The fourth-order valence-corrected chi connectivity index (χ4v) is 2.11. The smallest absolute Gasteiger partial charge is 0.262 e. The predicted molar refractivity (Wildman–Crippen MR) is 83.4 cm³/mol. The van der Waals surface area contributed by atoms with E-state index in [1.165, 1.54) is 18.2 Å². The minimum Gasteiger partial charge on any atom is -0.506 e. The summed E-state index contributed by atoms with van der Waals surface area (Å²) in [5.74, 6) is 0.113. The second-order valence-electron chi connectivity index (χ2n) is 4.41. The number of carbonyl (C=O) groups is 1. The van der Waals surface area contributed by atoms with Gasteiger partial charge in [-0.2, -0.15) is 0 Å². The van der Waals surface area contributed by atoms with E-state index >= 15 is 0 Å². The Morgan fingerprint density at radius 3 is 2.57 bits per heavy atom. The van der Waals surface area contributed by atoms with Crippen LogP contribution in [0.2, 0.25) is 10.0 Å². The van der Waals surface area contributed by atoms with Crippen LogP contribution in [0.5, 0.6) is 11.5 Å². The molecule has 2 aromatic rings. The van der Waals surface area contributed by atoms with E-state index < -0.39 is 5.91 Å². The fraction of sp³-hybridized carbons (Fsp3) is 0.133. The molecule has 0 radical (unpaired) electrons. The van der Waals surface area contributed by atoms with E-state index in [9.17, 15) is 9.90 Å². The van der Waals surface area contributed by atoms with Gasteiger partial charge < -0.3 is 15.2 Å². The number of phenols is 1. The van der Waals surface area contributed by atoms with Crippen molar-refractivity contribution in [1.82, 2.24) is 0 Å². The highest BCUT2D eigenvalue weighted by Crippen LogP contribution is 2.26. The summed E-state index contributed by atoms with van der Waals surface area (Å²) in [5, 5.41) is 13.2. The first-order valence-corrected chi connectivity index (χ1v) is 6.88. The molecule has 0 aromatic heterocycles. The van der Waals surface area contributed by atoms with Crippen LogP contribution in [0.15, 0.2) is 36.4 Å². The van der Waals surface area contributed by atoms with Crippen LogP contribution in [-0.2, 0) is 4.79 Å². The molecule has 0 saturated heterocycles. The topological polar surface area (TPSA) is 58.6 Å². The minimum absolute atomic E-state index is 0.0598. The van der Waals surface area contributed by atoms with Crippen molar-refractivity contribution in [2.24, 2.45) is 0 Å². The molecule has 0 unspecified atom stereocenters. The first-order chi connectivity index (χ1) is 9.95. The molecule has 0 atom stereocenters. The molecule has 4 nitrogen and oxygen atoms in total. The lowest BCUT2D eigenvalue weighted by Gasteiger charge is -2.10. The molecule has 0 aliphatic carbocycles. The molecular weight excluding hydrogens is 313 g/mol. The SMILES string of the molecule is Cc1cc(Cl)ccc1OCC(=O)Nc1cc(Cl)ccc1O. The summed E-state index contributed by atoms with van der Waals surface area (Å²) in [6.07, 6.45) is 0. The Balaban J connectivity index is 1.97. The fourth-order valence-electron chi connectivity index (χ4n) is 1.71. The maximum absolute atomic E-state index is 11.8. The number of benzene rings is 2. The number of aryl methyl sites for hydroxylation is 1. The van der Waals surface area contributed by atoms with Crippen LogP contribution in [-0.4, -0.2) is 17.6 Å². The second kappa shape index (κ2) is 6.70. The molecule has 0 spiro atoms. The third-order valence-electron chi connectivity index (χ3n) is 2.73. The third kappa shape index (κ3) is 4.28. The van der Waals surface area contributed by atoms with Gasteiger partial charge in [0.1, 0.15) is 11.5 Å². The summed E-state index contributed by atoms with van der Waals surface area (Å²) < 4.78 is 5.41. The molecule has 1 amide bonds. The molecule has 110 valence electrons. The number of hydrogen-bond donors (Lipinski definition) is 2. The lowest BCUT2D eigenvalue weighted by atomic mass is 10.2. The Morgan fingerprint density at radius 2 is 1.86 bits per heavy atom. The average molecular weight is 326 g/mol. The second-order valence-corrected chi connectivity index (χ2v) is 5.28. The lowest BCUT2D eigenvalue weighted by molar-refractivity contribution is -0.118. The van der Waals surface area contributed by atoms with Crippen molar-refractivity contribution in [2.75, 3.05) is 11.9 Å². The summed E-state index contributed by atoms with van der Waals surface area (Å²) in [6, 6.07) is 9.52. The maximum atomic E-state index is 11.8. The Labute approximate surface area is 132 Å². The molecule has 0 fully saturated rings. The van der Waals surface area contributed by atoms with Crippen LogP contribution in [0.1, 0.15) is 5.56 Å². The number of aromatic hydroxyl groups is 1. The monoisotopic (exact) mass is 325 g/mol. The highest BCUT2D eigenvalue weighted by molar-refractivity contribution is 6.31. The van der Waals surface area contributed by atoms with Crippen molar-refractivity contribution in [1.29, 1.82) is 0 Å². The zero-order valence-corrected chi connectivity index (χ0v) is 12.7. The van der Waals surface area contributed by atoms with Gasteiger partial charge >= 0.3 is 0 Å². The molecule has 0 heterocycles. The van der Waals surface area contributed by atoms with E-state index in [-0.39, 0.29) is 18.0 Å². The number of rotatable bonds is 4. The Kier molecular flexibility index (Phi) is 4.94. The number of halogens is 2. The van der Waals surface area contributed by atoms with Gasteiger partial charge in [-0.15, -0.1) is 0 Å². The van der Waals surface area contributed by atoms with E-state index in [2.05, 4.69) is 5.32 Å². The van der Waals surface area contributed by atoms with Gasteiger partial charge in [-0.3, -0.25) is 4.79 Å². The van der Waals surface area contributed by atoms with Gasteiger partial charge in [0.15, 0.2) is 6.61 Å². The molecule has 2 rings (SSSR count). The number of anilines is 1. The molecule has 0 aliphatic heterocycles. The number of phenolic OH excluding ortho intramolecular Hbond substituents is 1. The van der Waals surface area contributed by atoms with Gasteiger partial charge in [0.05, 0.1) is 5.69 Å². The first-order valence-electron chi connectivity index (χ1n) is 6.13. The van der Waals surface area contributed by atoms with Gasteiger partial charge in [0.25, 0.3) is 5.91 Å². The van der Waals surface area contributed by atoms with Gasteiger partial charge in [-0.05, 0) is 48.9 Å². The van der Waals surface area contributed by atoms with Crippen molar-refractivity contribution >= 4 is 34.8 Å². The predicted octanol–water partition coefficient (Wildman–Crippen LogP) is 4.02. The number of amides is 1. The van der Waals surface area contributed by atoms with Crippen molar-refractivity contribution in [2.45, 2.75) is 6.92 Å². The first kappa shape index (κ1) is 15.5. The molecule has 2 N–H and O–H groups in total. The largest absolute Gasteiger partial charge is 0.506 e. The van der Waals surface area contributed by atoms with E-state index in [1.807, 2.05) is 6.92 Å². The van der Waals surface area contributed by atoms with Gasteiger partial charge in [0.2, 0.25) is 0 Å². The normalized spacial score (nSPS) is 10.2. The van der Waals surface area contributed by atoms with Crippen molar-refractivity contribution in [3.8, 4) is 11.5 Å². The van der Waals surface area contributed by atoms with E-state index in [4.69, 9.17) is 27.9 Å². The summed E-state index contributed by atoms with van der Waals surface area (Å²) in [6.45, 7) is 1.65. The van der Waals surface area contributed by atoms with Crippen molar-refractivity contribution < 1.29 is 14.6 Å². The zero-order chi connectivity index (χ0) is 15.4. The minimum atomic E-state index is -0.401. The van der Waals surface area contributed by atoms with E-state index in [0.717, 1.165) is 5.56 Å². The maximum Gasteiger partial charge on any atom is 0.262 e. The number of ether oxygens (including phenoxy) is 1. The average Bonchev–Trinajstić information content (AvgIpc) is 2.42. The van der Waals surface area contributed by atoms with Crippen LogP contribution < -0.4 is 10.1 Å². The molecule has 0 aliphatic rings. The molecule has 0 saturated carbocycles. The van der Waals surface area contributed by atoms with Gasteiger partial charge in [-0.25, -0.2) is 0 Å². The zero-order valence-electron chi connectivity index (χ0n) is 11.2. The summed E-state index contributed by atoms with van der Waals surface area (Å²) in [4.78, 5) is 11.8. The van der Waals surface area contributed by atoms with Crippen molar-refractivity contribution in [3.05, 3.63) is 52.0 Å². The quantitative estimate of drug-likeness (QED) is 0.834. The summed E-state index contributed by atoms with van der Waals surface area (Å²) >= 11 is 11.6. The Hall–Kier alpha value is -1.91. The Morgan fingerprint density at radius 1 is 1.19 bits per heavy atom.